The zero-order valence-electron chi connectivity index (χ0n) is 5.53. The second kappa shape index (κ2) is 2.43. The van der Waals surface area contributed by atoms with E-state index in [1.54, 1.807) is 24.5 Å². The number of hydrogen-bond acceptors (Lipinski definition) is 3. The van der Waals surface area contributed by atoms with Gasteiger partial charge >= 0.3 is 0 Å². The molecule has 54 valence electrons. The van der Waals surface area contributed by atoms with Crippen molar-refractivity contribution in [2.75, 3.05) is 0 Å². The second-order valence-electron chi connectivity index (χ2n) is 2.03. The third-order valence-electron chi connectivity index (χ3n) is 1.30. The zero-order chi connectivity index (χ0) is 7.68. The minimum Gasteiger partial charge on any atom is -0.251 e. The molecule has 0 aliphatic carbocycles. The van der Waals surface area contributed by atoms with Gasteiger partial charge in [-0.05, 0) is 12.1 Å². The summed E-state index contributed by atoms with van der Waals surface area (Å²) in [5.41, 5.74) is 1.34. The highest BCUT2D eigenvalue weighted by Gasteiger charge is 1.95. The van der Waals surface area contributed by atoms with Crippen molar-refractivity contribution in [1.29, 1.82) is 0 Å². The van der Waals surface area contributed by atoms with E-state index in [1.807, 2.05) is 0 Å². The van der Waals surface area contributed by atoms with E-state index >= 15 is 0 Å². The smallest absolute Gasteiger partial charge is 0.179 e. The van der Waals surface area contributed by atoms with Crippen molar-refractivity contribution in [3.05, 3.63) is 29.7 Å². The van der Waals surface area contributed by atoms with E-state index in [-0.39, 0.29) is 0 Å². The predicted octanol–water partition coefficient (Wildman–Crippen LogP) is 1.68. The van der Waals surface area contributed by atoms with Gasteiger partial charge in [0, 0.05) is 12.4 Å². The topological polar surface area (TPSA) is 38.7 Å². The molecular formula is C7H4ClN3. The van der Waals surface area contributed by atoms with Gasteiger partial charge in [-0.15, -0.1) is 0 Å². The molecule has 2 heterocycles. The summed E-state index contributed by atoms with van der Waals surface area (Å²) in [5.74, 6) is 0. The highest BCUT2D eigenvalue weighted by atomic mass is 35.5. The van der Waals surface area contributed by atoms with Crippen molar-refractivity contribution in [2.24, 2.45) is 0 Å². The molecule has 11 heavy (non-hydrogen) atoms. The fourth-order valence-corrected chi connectivity index (χ4v) is 0.974. The summed E-state index contributed by atoms with van der Waals surface area (Å²) < 4.78 is 0. The number of hydrogen-bond donors (Lipinski definition) is 0. The average molecular weight is 167 g/mol. The third-order valence-corrected chi connectivity index (χ3v) is 1.51. The minimum atomic E-state index is 0.443. The van der Waals surface area contributed by atoms with Crippen LogP contribution in [0.3, 0.4) is 0 Å². The lowest BCUT2D eigenvalue weighted by atomic mass is 10.4. The lowest BCUT2D eigenvalue weighted by molar-refractivity contribution is 1.22. The van der Waals surface area contributed by atoms with Gasteiger partial charge in [0.05, 0.1) is 0 Å². The molecule has 0 N–H and O–H groups in total. The van der Waals surface area contributed by atoms with Gasteiger partial charge < -0.3 is 0 Å². The van der Waals surface area contributed by atoms with E-state index < -0.39 is 0 Å². The van der Waals surface area contributed by atoms with Crippen LogP contribution in [0, 0.1) is 0 Å². The molecule has 0 amide bonds. The minimum absolute atomic E-state index is 0.443. The van der Waals surface area contributed by atoms with Crippen LogP contribution in [0.25, 0.3) is 11.2 Å². The van der Waals surface area contributed by atoms with E-state index in [0.29, 0.717) is 10.8 Å². The van der Waals surface area contributed by atoms with E-state index in [1.165, 1.54) is 0 Å². The molecule has 0 aliphatic heterocycles. The lowest BCUT2D eigenvalue weighted by Crippen LogP contribution is -1.85. The van der Waals surface area contributed by atoms with E-state index in [4.69, 9.17) is 11.6 Å². The summed E-state index contributed by atoms with van der Waals surface area (Å²) in [6, 6.07) is 3.48. The lowest BCUT2D eigenvalue weighted by Gasteiger charge is -1.92. The Bertz CT molecular complexity index is 388. The van der Waals surface area contributed by atoms with Gasteiger partial charge in [0.15, 0.2) is 5.65 Å². The maximum Gasteiger partial charge on any atom is 0.179 e. The standard InChI is InChI=1S/C7H4ClN3/c8-6-2-1-5-7(11-6)10-4-3-9-5/h1-4H/i3+1. The number of aromatic nitrogens is 3. The Morgan fingerprint density at radius 3 is 2.82 bits per heavy atom. The number of nitrogens with zero attached hydrogens (tertiary/aromatic N) is 3. The molecule has 0 fully saturated rings. The molecule has 0 atom stereocenters. The monoisotopic (exact) mass is 166 g/mol. The van der Waals surface area contributed by atoms with Crippen molar-refractivity contribution in [2.45, 2.75) is 0 Å². The van der Waals surface area contributed by atoms with Gasteiger partial charge in [-0.25, -0.2) is 9.97 Å². The van der Waals surface area contributed by atoms with Gasteiger partial charge in [-0.2, -0.15) is 0 Å². The fourth-order valence-electron chi connectivity index (χ4n) is 0.831. The van der Waals surface area contributed by atoms with Crippen molar-refractivity contribution in [3.8, 4) is 0 Å². The Morgan fingerprint density at radius 1 is 1.09 bits per heavy atom. The summed E-state index contributed by atoms with van der Waals surface area (Å²) in [6.45, 7) is 0. The summed E-state index contributed by atoms with van der Waals surface area (Å²) in [6.07, 6.45) is 3.21. The SMILES string of the molecule is Clc1ccc2n[13cH]cnc2n1. The van der Waals surface area contributed by atoms with Crippen LogP contribution in [-0.2, 0) is 0 Å². The number of halogens is 1. The molecule has 0 bridgehead atoms. The van der Waals surface area contributed by atoms with Crippen LogP contribution in [0.15, 0.2) is 24.5 Å². The van der Waals surface area contributed by atoms with Crippen LogP contribution in [-0.4, -0.2) is 15.0 Å². The molecule has 0 unspecified atom stereocenters. The Labute approximate surface area is 68.1 Å². The molecule has 2 rings (SSSR count). The van der Waals surface area contributed by atoms with Gasteiger partial charge in [0.2, 0.25) is 0 Å². The summed E-state index contributed by atoms with van der Waals surface area (Å²) in [7, 11) is 0. The van der Waals surface area contributed by atoms with Gasteiger partial charge in [0.25, 0.3) is 0 Å². The van der Waals surface area contributed by atoms with Crippen molar-refractivity contribution >= 4 is 22.8 Å². The summed E-state index contributed by atoms with van der Waals surface area (Å²) in [4.78, 5) is 12.0. The van der Waals surface area contributed by atoms with Crippen molar-refractivity contribution in [3.63, 3.8) is 0 Å². The van der Waals surface area contributed by atoms with Crippen LogP contribution < -0.4 is 0 Å². The first-order valence-corrected chi connectivity index (χ1v) is 3.47. The number of pyridine rings is 1. The van der Waals surface area contributed by atoms with Crippen molar-refractivity contribution in [1.82, 2.24) is 15.0 Å². The highest BCUT2D eigenvalue weighted by molar-refractivity contribution is 6.29. The van der Waals surface area contributed by atoms with Crippen molar-refractivity contribution < 1.29 is 0 Å². The average Bonchev–Trinajstić information content (AvgIpc) is 2.04. The molecule has 0 saturated carbocycles. The van der Waals surface area contributed by atoms with E-state index in [9.17, 15) is 0 Å². The van der Waals surface area contributed by atoms with Crippen LogP contribution >= 0.6 is 11.6 Å². The van der Waals surface area contributed by atoms with Crippen LogP contribution in [0.2, 0.25) is 5.15 Å². The molecule has 4 heteroatoms. The van der Waals surface area contributed by atoms with Crippen LogP contribution in [0.1, 0.15) is 0 Å². The molecule has 2 aromatic rings. The molecule has 0 aromatic carbocycles. The van der Waals surface area contributed by atoms with E-state index in [0.717, 1.165) is 5.52 Å². The Morgan fingerprint density at radius 2 is 1.91 bits per heavy atom. The fraction of sp³-hybridized carbons (Fsp3) is 0. The first kappa shape index (κ1) is 6.49. The molecule has 0 spiro atoms. The maximum atomic E-state index is 5.64. The Kier molecular flexibility index (Phi) is 1.43. The normalized spacial score (nSPS) is 10.3. The maximum absolute atomic E-state index is 5.64. The molecule has 0 aliphatic rings. The first-order chi connectivity index (χ1) is 5.36. The van der Waals surface area contributed by atoms with Crippen LogP contribution in [0.4, 0.5) is 0 Å². The molecule has 0 radical (unpaired) electrons. The Hall–Kier alpha value is -1.22. The molecule has 2 aromatic heterocycles. The third kappa shape index (κ3) is 1.14. The first-order valence-electron chi connectivity index (χ1n) is 3.09. The predicted molar refractivity (Wildman–Crippen MR) is 42.3 cm³/mol. The molecule has 0 saturated heterocycles. The number of rotatable bonds is 0. The molecular weight excluding hydrogens is 163 g/mol. The van der Waals surface area contributed by atoms with Gasteiger partial charge in [-0.1, -0.05) is 11.6 Å². The highest BCUT2D eigenvalue weighted by Crippen LogP contribution is 2.09. The second-order valence-corrected chi connectivity index (χ2v) is 2.42. The summed E-state index contributed by atoms with van der Waals surface area (Å²) >= 11 is 5.64. The number of fused-ring (bicyclic) bond motifs is 1. The zero-order valence-corrected chi connectivity index (χ0v) is 6.28. The quantitative estimate of drug-likeness (QED) is 0.559. The van der Waals surface area contributed by atoms with Crippen LogP contribution in [0.5, 0.6) is 0 Å². The van der Waals surface area contributed by atoms with E-state index in [2.05, 4.69) is 15.0 Å². The van der Waals surface area contributed by atoms with Gasteiger partial charge in [-0.3, -0.25) is 4.98 Å². The molecule has 3 nitrogen and oxygen atoms in total. The van der Waals surface area contributed by atoms with Gasteiger partial charge in [0.1, 0.15) is 10.7 Å². The Balaban J connectivity index is 2.83. The largest absolute Gasteiger partial charge is 0.251 e. The summed E-state index contributed by atoms with van der Waals surface area (Å²) in [5, 5.41) is 0.443.